The topological polar surface area (TPSA) is 98.5 Å². The van der Waals surface area contributed by atoms with Gasteiger partial charge < -0.3 is 10.1 Å². The number of benzene rings is 1. The third-order valence-electron chi connectivity index (χ3n) is 2.97. The van der Waals surface area contributed by atoms with E-state index in [1.165, 1.54) is 19.2 Å². The van der Waals surface area contributed by atoms with Gasteiger partial charge in [-0.25, -0.2) is 13.6 Å². The molecule has 0 bridgehead atoms. The van der Waals surface area contributed by atoms with Gasteiger partial charge in [-0.15, -0.1) is 0 Å². The summed E-state index contributed by atoms with van der Waals surface area (Å²) < 4.78 is 28.0. The summed E-state index contributed by atoms with van der Waals surface area (Å²) in [4.78, 5) is 11.6. The molecule has 0 radical (unpaired) electrons. The molecule has 7 heteroatoms. The third-order valence-corrected chi connectivity index (χ3v) is 3.91. The predicted octanol–water partition coefficient (Wildman–Crippen LogP) is 1.39. The van der Waals surface area contributed by atoms with Gasteiger partial charge in [0.2, 0.25) is 15.9 Å². The van der Waals surface area contributed by atoms with Crippen molar-refractivity contribution in [2.24, 2.45) is 11.1 Å². The van der Waals surface area contributed by atoms with Crippen LogP contribution < -0.4 is 15.2 Å². The molecule has 1 rings (SSSR count). The van der Waals surface area contributed by atoms with Gasteiger partial charge in [0.05, 0.1) is 7.11 Å². The molecule has 0 saturated heterocycles. The molecule has 118 valence electrons. The maximum atomic E-state index is 11.6. The van der Waals surface area contributed by atoms with E-state index in [-0.39, 0.29) is 23.1 Å². The van der Waals surface area contributed by atoms with Crippen LogP contribution in [-0.2, 0) is 21.4 Å². The monoisotopic (exact) mass is 314 g/mol. The Morgan fingerprint density at radius 1 is 1.38 bits per heavy atom. The van der Waals surface area contributed by atoms with Gasteiger partial charge in [-0.1, -0.05) is 19.9 Å². The Hall–Kier alpha value is -1.60. The van der Waals surface area contributed by atoms with Crippen molar-refractivity contribution >= 4 is 15.9 Å². The molecule has 0 atom stereocenters. The average molecular weight is 314 g/mol. The van der Waals surface area contributed by atoms with Crippen LogP contribution >= 0.6 is 0 Å². The fourth-order valence-electron chi connectivity index (χ4n) is 1.76. The number of primary sulfonamides is 1. The van der Waals surface area contributed by atoms with Crippen molar-refractivity contribution in [1.29, 1.82) is 0 Å². The lowest BCUT2D eigenvalue weighted by atomic mass is 10.1. The Morgan fingerprint density at radius 2 is 2.05 bits per heavy atom. The SMILES string of the molecule is COc1ccc(CNC(=O)CCC(C)C)cc1S(N)(=O)=O. The molecular weight excluding hydrogens is 292 g/mol. The highest BCUT2D eigenvalue weighted by Gasteiger charge is 2.15. The Labute approximate surface area is 125 Å². The minimum Gasteiger partial charge on any atom is -0.495 e. The number of hydrogen-bond acceptors (Lipinski definition) is 4. The predicted molar refractivity (Wildman–Crippen MR) is 80.3 cm³/mol. The van der Waals surface area contributed by atoms with E-state index in [9.17, 15) is 13.2 Å². The standard InChI is InChI=1S/C14H22N2O4S/c1-10(2)4-7-14(17)16-9-11-5-6-12(20-3)13(8-11)21(15,18)19/h5-6,8,10H,4,7,9H2,1-3H3,(H,16,17)(H2,15,18,19). The lowest BCUT2D eigenvalue weighted by molar-refractivity contribution is -0.121. The number of nitrogens with two attached hydrogens (primary N) is 1. The van der Waals surface area contributed by atoms with E-state index in [1.807, 2.05) is 0 Å². The van der Waals surface area contributed by atoms with Crippen LogP contribution in [0.2, 0.25) is 0 Å². The summed E-state index contributed by atoms with van der Waals surface area (Å²) in [6, 6.07) is 4.63. The number of amides is 1. The maximum absolute atomic E-state index is 11.6. The molecule has 21 heavy (non-hydrogen) atoms. The molecule has 1 aromatic rings. The Balaban J connectivity index is 2.75. The van der Waals surface area contributed by atoms with Gasteiger partial charge >= 0.3 is 0 Å². The van der Waals surface area contributed by atoms with Crippen LogP contribution in [0.4, 0.5) is 0 Å². The molecule has 0 spiro atoms. The normalized spacial score (nSPS) is 11.5. The number of sulfonamides is 1. The molecule has 0 unspecified atom stereocenters. The first-order valence-corrected chi connectivity index (χ1v) is 8.25. The second kappa shape index (κ2) is 7.42. The largest absolute Gasteiger partial charge is 0.495 e. The van der Waals surface area contributed by atoms with E-state index >= 15 is 0 Å². The second-order valence-electron chi connectivity index (χ2n) is 5.24. The number of nitrogens with one attached hydrogen (secondary N) is 1. The lowest BCUT2D eigenvalue weighted by Gasteiger charge is -2.10. The number of ether oxygens (including phenoxy) is 1. The summed E-state index contributed by atoms with van der Waals surface area (Å²) in [6.07, 6.45) is 1.27. The summed E-state index contributed by atoms with van der Waals surface area (Å²) in [6.45, 7) is 4.35. The van der Waals surface area contributed by atoms with E-state index in [4.69, 9.17) is 9.88 Å². The van der Waals surface area contributed by atoms with Crippen molar-refractivity contribution in [3.8, 4) is 5.75 Å². The van der Waals surface area contributed by atoms with Gasteiger partial charge in [0.1, 0.15) is 10.6 Å². The summed E-state index contributed by atoms with van der Waals surface area (Å²) in [5.41, 5.74) is 0.651. The maximum Gasteiger partial charge on any atom is 0.241 e. The average Bonchev–Trinajstić information content (AvgIpc) is 2.41. The zero-order valence-corrected chi connectivity index (χ0v) is 13.4. The first-order chi connectivity index (χ1) is 9.74. The van der Waals surface area contributed by atoms with Gasteiger partial charge in [0, 0.05) is 13.0 Å². The van der Waals surface area contributed by atoms with Crippen LogP contribution in [0.1, 0.15) is 32.3 Å². The van der Waals surface area contributed by atoms with Gasteiger partial charge in [-0.3, -0.25) is 4.79 Å². The van der Waals surface area contributed by atoms with Crippen LogP contribution in [0.5, 0.6) is 5.75 Å². The minimum atomic E-state index is -3.87. The van der Waals surface area contributed by atoms with Crippen LogP contribution in [0, 0.1) is 5.92 Å². The highest BCUT2D eigenvalue weighted by atomic mass is 32.2. The van der Waals surface area contributed by atoms with Crippen molar-refractivity contribution in [2.75, 3.05) is 7.11 Å². The van der Waals surface area contributed by atoms with Crippen LogP contribution in [-0.4, -0.2) is 21.4 Å². The van der Waals surface area contributed by atoms with Crippen molar-refractivity contribution in [2.45, 2.75) is 38.1 Å². The Kier molecular flexibility index (Phi) is 6.17. The molecule has 1 aromatic carbocycles. The molecule has 0 fully saturated rings. The highest BCUT2D eigenvalue weighted by molar-refractivity contribution is 7.89. The fourth-order valence-corrected chi connectivity index (χ4v) is 2.51. The lowest BCUT2D eigenvalue weighted by Crippen LogP contribution is -2.23. The fraction of sp³-hybridized carbons (Fsp3) is 0.500. The quantitative estimate of drug-likeness (QED) is 0.794. The molecule has 0 heterocycles. The molecule has 1 amide bonds. The zero-order chi connectivity index (χ0) is 16.0. The number of methoxy groups -OCH3 is 1. The van der Waals surface area contributed by atoms with Crippen LogP contribution in [0.25, 0.3) is 0 Å². The first kappa shape index (κ1) is 17.5. The molecule has 0 aromatic heterocycles. The summed E-state index contributed by atoms with van der Waals surface area (Å²) >= 11 is 0. The number of rotatable bonds is 7. The summed E-state index contributed by atoms with van der Waals surface area (Å²) in [5.74, 6) is 0.592. The van der Waals surface area contributed by atoms with Gasteiger partial charge in [-0.2, -0.15) is 0 Å². The first-order valence-electron chi connectivity index (χ1n) is 6.70. The Morgan fingerprint density at radius 3 is 2.57 bits per heavy atom. The number of carbonyl (C=O) groups excluding carboxylic acids is 1. The minimum absolute atomic E-state index is 0.0586. The molecule has 0 saturated carbocycles. The summed E-state index contributed by atoms with van der Waals surface area (Å²) in [7, 11) is -2.49. The van der Waals surface area contributed by atoms with Crippen molar-refractivity contribution in [3.63, 3.8) is 0 Å². The van der Waals surface area contributed by atoms with E-state index in [2.05, 4.69) is 19.2 Å². The second-order valence-corrected chi connectivity index (χ2v) is 6.77. The van der Waals surface area contributed by atoms with Crippen LogP contribution in [0.15, 0.2) is 23.1 Å². The van der Waals surface area contributed by atoms with Crippen molar-refractivity contribution < 1.29 is 17.9 Å². The van der Waals surface area contributed by atoms with Crippen molar-refractivity contribution in [3.05, 3.63) is 23.8 Å². The number of hydrogen-bond donors (Lipinski definition) is 2. The van der Waals surface area contributed by atoms with E-state index < -0.39 is 10.0 Å². The van der Waals surface area contributed by atoms with E-state index in [1.54, 1.807) is 6.07 Å². The van der Waals surface area contributed by atoms with Crippen LogP contribution in [0.3, 0.4) is 0 Å². The molecule has 0 aliphatic rings. The van der Waals surface area contributed by atoms with E-state index in [0.29, 0.717) is 17.9 Å². The van der Waals surface area contributed by atoms with Gasteiger partial charge in [-0.05, 0) is 30.0 Å². The Bertz CT molecular complexity index is 597. The molecule has 0 aliphatic heterocycles. The molecular formula is C14H22N2O4S. The smallest absolute Gasteiger partial charge is 0.241 e. The molecule has 0 aliphatic carbocycles. The van der Waals surface area contributed by atoms with Gasteiger partial charge in [0.15, 0.2) is 0 Å². The molecule has 6 nitrogen and oxygen atoms in total. The summed E-state index contributed by atoms with van der Waals surface area (Å²) in [5, 5.41) is 7.90. The molecule has 3 N–H and O–H groups in total. The van der Waals surface area contributed by atoms with Crippen molar-refractivity contribution in [1.82, 2.24) is 5.32 Å². The zero-order valence-electron chi connectivity index (χ0n) is 12.5. The number of carbonyl (C=O) groups is 1. The third kappa shape index (κ3) is 5.73. The highest BCUT2D eigenvalue weighted by Crippen LogP contribution is 2.23. The van der Waals surface area contributed by atoms with E-state index in [0.717, 1.165) is 6.42 Å². The van der Waals surface area contributed by atoms with Gasteiger partial charge in [0.25, 0.3) is 0 Å².